The van der Waals surface area contributed by atoms with E-state index < -0.39 is 0 Å². The molecule has 0 unspecified atom stereocenters. The highest BCUT2D eigenvalue weighted by atomic mass is 15.2. The van der Waals surface area contributed by atoms with Crippen LogP contribution in [0.5, 0.6) is 0 Å². The van der Waals surface area contributed by atoms with Crippen LogP contribution >= 0.6 is 0 Å². The smallest absolute Gasteiger partial charge is 0.235 e. The van der Waals surface area contributed by atoms with Crippen LogP contribution in [-0.2, 0) is 6.42 Å². The third-order valence-electron chi connectivity index (χ3n) is 4.98. The van der Waals surface area contributed by atoms with Gasteiger partial charge in [-0.15, -0.1) is 0 Å². The van der Waals surface area contributed by atoms with Crippen molar-refractivity contribution in [1.29, 1.82) is 0 Å². The van der Waals surface area contributed by atoms with Crippen LogP contribution in [0.1, 0.15) is 17.0 Å². The first-order valence-corrected chi connectivity index (χ1v) is 9.17. The second kappa shape index (κ2) is 6.36. The molecule has 0 amide bonds. The van der Waals surface area contributed by atoms with E-state index in [0.29, 0.717) is 0 Å². The molecule has 0 atom stereocenters. The number of nitrogens with zero attached hydrogens (tertiary/aromatic N) is 3. The Morgan fingerprint density at radius 3 is 2.41 bits per heavy atom. The maximum absolute atomic E-state index is 5.00. The zero-order chi connectivity index (χ0) is 18.2. The molecule has 2 aromatic heterocycles. The Morgan fingerprint density at radius 1 is 0.778 bits per heavy atom. The number of para-hydroxylation sites is 2. The van der Waals surface area contributed by atoms with Gasteiger partial charge < -0.3 is 0 Å². The number of aryl methyl sites for hydroxylation is 1. The number of rotatable bonds is 3. The number of aromatic nitrogens is 3. The minimum Gasteiger partial charge on any atom is -0.283 e. The third-order valence-corrected chi connectivity index (χ3v) is 4.98. The van der Waals surface area contributed by atoms with Crippen LogP contribution in [0.2, 0.25) is 0 Å². The van der Waals surface area contributed by atoms with Gasteiger partial charge in [0.2, 0.25) is 5.95 Å². The van der Waals surface area contributed by atoms with Crippen LogP contribution in [0.25, 0.3) is 27.8 Å². The van der Waals surface area contributed by atoms with E-state index in [-0.39, 0.29) is 0 Å². The highest BCUT2D eigenvalue weighted by molar-refractivity contribution is 5.85. The Bertz CT molecular complexity index is 1250. The van der Waals surface area contributed by atoms with Crippen LogP contribution in [0.3, 0.4) is 0 Å². The zero-order valence-electron chi connectivity index (χ0n) is 15.1. The number of fused-ring (bicyclic) bond motifs is 2. The van der Waals surface area contributed by atoms with Crippen molar-refractivity contribution < 1.29 is 0 Å². The molecular weight excluding hydrogens is 330 g/mol. The fraction of sp³-hybridized carbons (Fsp3) is 0.0833. The van der Waals surface area contributed by atoms with Crippen LogP contribution in [0.4, 0.5) is 0 Å². The summed E-state index contributed by atoms with van der Waals surface area (Å²) in [7, 11) is 0. The molecule has 3 aromatic carbocycles. The van der Waals surface area contributed by atoms with Gasteiger partial charge in [-0.25, -0.2) is 9.97 Å². The maximum Gasteiger partial charge on any atom is 0.235 e. The topological polar surface area (TPSA) is 30.7 Å². The molecule has 0 spiro atoms. The molecule has 130 valence electrons. The lowest BCUT2D eigenvalue weighted by Gasteiger charge is -2.12. The van der Waals surface area contributed by atoms with Crippen molar-refractivity contribution in [2.75, 3.05) is 0 Å². The van der Waals surface area contributed by atoms with Crippen molar-refractivity contribution in [2.24, 2.45) is 0 Å². The van der Waals surface area contributed by atoms with Gasteiger partial charge in [0, 0.05) is 22.9 Å². The molecular formula is C24H19N3. The largest absolute Gasteiger partial charge is 0.283 e. The average Bonchev–Trinajstić information content (AvgIpc) is 3.04. The molecule has 3 nitrogen and oxygen atoms in total. The van der Waals surface area contributed by atoms with Crippen molar-refractivity contribution in [3.8, 4) is 5.95 Å². The van der Waals surface area contributed by atoms with Gasteiger partial charge in [-0.05, 0) is 30.7 Å². The molecule has 3 heteroatoms. The van der Waals surface area contributed by atoms with E-state index in [1.54, 1.807) is 0 Å². The Hall–Kier alpha value is -3.46. The van der Waals surface area contributed by atoms with Gasteiger partial charge in [0.15, 0.2) is 0 Å². The Balaban J connectivity index is 1.75. The lowest BCUT2D eigenvalue weighted by atomic mass is 10.1. The van der Waals surface area contributed by atoms with Crippen molar-refractivity contribution in [3.05, 3.63) is 102 Å². The van der Waals surface area contributed by atoms with Gasteiger partial charge in [0.05, 0.1) is 16.7 Å². The molecule has 0 radical (unpaired) electrons. The lowest BCUT2D eigenvalue weighted by Crippen LogP contribution is -2.06. The van der Waals surface area contributed by atoms with Crippen molar-refractivity contribution in [3.63, 3.8) is 0 Å². The molecule has 0 aliphatic carbocycles. The SMILES string of the molecule is Cc1cc2ccccc2n1-c1nc(Cc2ccccc2)c2ccccc2n1. The summed E-state index contributed by atoms with van der Waals surface area (Å²) in [5.41, 5.74) is 5.55. The van der Waals surface area contributed by atoms with Crippen LogP contribution in [0, 0.1) is 6.92 Å². The molecule has 0 aliphatic rings. The highest BCUT2D eigenvalue weighted by Gasteiger charge is 2.13. The van der Waals surface area contributed by atoms with E-state index >= 15 is 0 Å². The molecule has 0 bridgehead atoms. The second-order valence-corrected chi connectivity index (χ2v) is 6.83. The van der Waals surface area contributed by atoms with Gasteiger partial charge in [-0.2, -0.15) is 0 Å². The third kappa shape index (κ3) is 2.77. The fourth-order valence-electron chi connectivity index (χ4n) is 3.71. The quantitative estimate of drug-likeness (QED) is 0.432. The molecule has 5 rings (SSSR count). The minimum absolute atomic E-state index is 0.735. The highest BCUT2D eigenvalue weighted by Crippen LogP contribution is 2.25. The maximum atomic E-state index is 5.00. The molecule has 0 fully saturated rings. The van der Waals surface area contributed by atoms with E-state index in [9.17, 15) is 0 Å². The van der Waals surface area contributed by atoms with Gasteiger partial charge in [0.1, 0.15) is 0 Å². The average molecular weight is 349 g/mol. The summed E-state index contributed by atoms with van der Waals surface area (Å²) >= 11 is 0. The van der Waals surface area contributed by atoms with Gasteiger partial charge >= 0.3 is 0 Å². The van der Waals surface area contributed by atoms with E-state index in [2.05, 4.69) is 84.3 Å². The number of benzene rings is 3. The first kappa shape index (κ1) is 15.8. The van der Waals surface area contributed by atoms with E-state index in [1.165, 1.54) is 10.9 Å². The predicted molar refractivity (Wildman–Crippen MR) is 110 cm³/mol. The summed E-state index contributed by atoms with van der Waals surface area (Å²) in [6.07, 6.45) is 0.787. The second-order valence-electron chi connectivity index (χ2n) is 6.83. The molecule has 0 aliphatic heterocycles. The monoisotopic (exact) mass is 349 g/mol. The first-order chi connectivity index (χ1) is 13.3. The fourth-order valence-corrected chi connectivity index (χ4v) is 3.71. The molecule has 5 aromatic rings. The summed E-state index contributed by atoms with van der Waals surface area (Å²) in [6.45, 7) is 2.11. The van der Waals surface area contributed by atoms with E-state index in [1.807, 2.05) is 12.1 Å². The number of hydrogen-bond acceptors (Lipinski definition) is 2. The summed E-state index contributed by atoms with van der Waals surface area (Å²) in [5.74, 6) is 0.735. The minimum atomic E-state index is 0.735. The Labute approximate surface area is 157 Å². The van der Waals surface area contributed by atoms with Gasteiger partial charge in [0.25, 0.3) is 0 Å². The summed E-state index contributed by atoms with van der Waals surface area (Å²) in [4.78, 5) is 9.88. The predicted octanol–water partition coefficient (Wildman–Crippen LogP) is 5.47. The standard InChI is InChI=1S/C24H19N3/c1-17-15-19-11-5-8-14-23(19)27(17)24-25-21-13-7-6-12-20(21)22(26-24)16-18-9-3-2-4-10-18/h2-15H,16H2,1H3. The van der Waals surface area contributed by atoms with Crippen LogP contribution in [0.15, 0.2) is 84.9 Å². The lowest BCUT2D eigenvalue weighted by molar-refractivity contribution is 0.916. The van der Waals surface area contributed by atoms with Crippen LogP contribution in [-0.4, -0.2) is 14.5 Å². The Kier molecular flexibility index (Phi) is 3.72. The van der Waals surface area contributed by atoms with E-state index in [4.69, 9.17) is 9.97 Å². The summed E-state index contributed by atoms with van der Waals surface area (Å²) in [5, 5.41) is 2.32. The molecule has 2 heterocycles. The van der Waals surface area contributed by atoms with Crippen LogP contribution < -0.4 is 0 Å². The van der Waals surface area contributed by atoms with Crippen molar-refractivity contribution in [1.82, 2.24) is 14.5 Å². The van der Waals surface area contributed by atoms with Crippen molar-refractivity contribution >= 4 is 21.8 Å². The zero-order valence-corrected chi connectivity index (χ0v) is 15.1. The number of hydrogen-bond donors (Lipinski definition) is 0. The molecule has 0 saturated carbocycles. The summed E-state index contributed by atoms with van der Waals surface area (Å²) in [6, 6.07) is 29.3. The molecule has 27 heavy (non-hydrogen) atoms. The Morgan fingerprint density at radius 2 is 1.52 bits per heavy atom. The van der Waals surface area contributed by atoms with Gasteiger partial charge in [-0.3, -0.25) is 4.57 Å². The first-order valence-electron chi connectivity index (χ1n) is 9.17. The molecule has 0 N–H and O–H groups in total. The summed E-state index contributed by atoms with van der Waals surface area (Å²) < 4.78 is 2.15. The molecule has 0 saturated heterocycles. The van der Waals surface area contributed by atoms with Gasteiger partial charge in [-0.1, -0.05) is 66.7 Å². The van der Waals surface area contributed by atoms with Crippen molar-refractivity contribution in [2.45, 2.75) is 13.3 Å². The van der Waals surface area contributed by atoms with E-state index in [0.717, 1.165) is 40.2 Å². The normalized spacial score (nSPS) is 11.3.